The maximum absolute atomic E-state index is 12.6. The van der Waals surface area contributed by atoms with Crippen LogP contribution in [0.2, 0.25) is 0 Å². The number of rotatable bonds is 3. The minimum absolute atomic E-state index is 0.00927. The van der Waals surface area contributed by atoms with Crippen LogP contribution in [0.25, 0.3) is 33.5 Å². The van der Waals surface area contributed by atoms with Gasteiger partial charge in [-0.05, 0) is 55.0 Å². The molecule has 0 aliphatic heterocycles. The van der Waals surface area contributed by atoms with Gasteiger partial charge in [0.25, 0.3) is 5.91 Å². The number of carbonyl (C=O) groups excluding carboxylic acids is 1. The Balaban J connectivity index is 1.47. The van der Waals surface area contributed by atoms with Crippen molar-refractivity contribution in [3.8, 4) is 17.2 Å². The third kappa shape index (κ3) is 3.10. The molecule has 5 rings (SSSR count). The number of phenols is 1. The lowest BCUT2D eigenvalue weighted by Gasteiger charge is -2.06. The van der Waals surface area contributed by atoms with Gasteiger partial charge in [-0.25, -0.2) is 4.98 Å². The molecule has 29 heavy (non-hydrogen) atoms. The van der Waals surface area contributed by atoms with Gasteiger partial charge in [0.1, 0.15) is 16.8 Å². The molecule has 0 radical (unpaired) electrons. The Morgan fingerprint density at radius 2 is 1.83 bits per heavy atom. The molecule has 0 aliphatic rings. The molecule has 0 bridgehead atoms. The standard InChI is InChI=1S/C23H16N2O4/c1-13-6-9-20-17(10-13)25-23(29-20)16-12-15(7-8-18(16)26)24-22(27)21-11-14-4-2-3-5-19(14)28-21/h2-12,26H,1H3,(H,24,27). The van der Waals surface area contributed by atoms with Crippen molar-refractivity contribution in [3.05, 3.63) is 78.1 Å². The van der Waals surface area contributed by atoms with Crippen molar-refractivity contribution in [3.63, 3.8) is 0 Å². The minimum atomic E-state index is -0.383. The number of hydrogen-bond donors (Lipinski definition) is 2. The fourth-order valence-corrected chi connectivity index (χ4v) is 3.22. The summed E-state index contributed by atoms with van der Waals surface area (Å²) in [5.41, 5.74) is 3.92. The predicted molar refractivity (Wildman–Crippen MR) is 110 cm³/mol. The summed E-state index contributed by atoms with van der Waals surface area (Å²) in [5.74, 6) is 0.113. The number of hydrogen-bond acceptors (Lipinski definition) is 5. The number of nitrogens with one attached hydrogen (secondary N) is 1. The first-order valence-corrected chi connectivity index (χ1v) is 9.07. The Kier molecular flexibility index (Phi) is 3.84. The van der Waals surface area contributed by atoms with Crippen molar-refractivity contribution in [2.75, 3.05) is 5.32 Å². The Morgan fingerprint density at radius 1 is 0.966 bits per heavy atom. The summed E-state index contributed by atoms with van der Waals surface area (Å²) in [5, 5.41) is 13.9. The van der Waals surface area contributed by atoms with E-state index < -0.39 is 0 Å². The van der Waals surface area contributed by atoms with Gasteiger partial charge >= 0.3 is 0 Å². The first kappa shape index (κ1) is 17.1. The molecule has 0 fully saturated rings. The van der Waals surface area contributed by atoms with Crippen molar-refractivity contribution in [2.45, 2.75) is 6.92 Å². The van der Waals surface area contributed by atoms with E-state index in [1.165, 1.54) is 6.07 Å². The summed E-state index contributed by atoms with van der Waals surface area (Å²) in [6.45, 7) is 1.97. The molecule has 0 aliphatic carbocycles. The van der Waals surface area contributed by atoms with E-state index in [0.29, 0.717) is 27.9 Å². The second kappa shape index (κ2) is 6.53. The molecule has 6 heteroatoms. The van der Waals surface area contributed by atoms with Crippen LogP contribution in [0.1, 0.15) is 16.1 Å². The molecule has 0 atom stereocenters. The molecule has 0 spiro atoms. The molecular weight excluding hydrogens is 368 g/mol. The number of para-hydroxylation sites is 1. The summed E-state index contributed by atoms with van der Waals surface area (Å²) in [4.78, 5) is 17.0. The molecule has 6 nitrogen and oxygen atoms in total. The number of fused-ring (bicyclic) bond motifs is 2. The number of nitrogens with zero attached hydrogens (tertiary/aromatic N) is 1. The highest BCUT2D eigenvalue weighted by Gasteiger charge is 2.16. The number of amides is 1. The number of anilines is 1. The highest BCUT2D eigenvalue weighted by atomic mass is 16.4. The van der Waals surface area contributed by atoms with E-state index in [1.807, 2.05) is 43.3 Å². The van der Waals surface area contributed by atoms with Gasteiger partial charge in [0.15, 0.2) is 11.3 Å². The normalized spacial score (nSPS) is 11.2. The van der Waals surface area contributed by atoms with Crippen LogP contribution in [0.5, 0.6) is 5.75 Å². The number of carbonyl (C=O) groups is 1. The number of oxazole rings is 1. The van der Waals surface area contributed by atoms with Gasteiger partial charge in [-0.3, -0.25) is 4.79 Å². The minimum Gasteiger partial charge on any atom is -0.507 e. The summed E-state index contributed by atoms with van der Waals surface area (Å²) in [7, 11) is 0. The Morgan fingerprint density at radius 3 is 2.69 bits per heavy atom. The Labute approximate surface area is 165 Å². The van der Waals surface area contributed by atoms with Gasteiger partial charge in [-0.1, -0.05) is 24.3 Å². The van der Waals surface area contributed by atoms with Crippen molar-refractivity contribution in [1.82, 2.24) is 4.98 Å². The van der Waals surface area contributed by atoms with Gasteiger partial charge in [0, 0.05) is 11.1 Å². The first-order valence-electron chi connectivity index (χ1n) is 9.07. The molecule has 2 heterocycles. The largest absolute Gasteiger partial charge is 0.507 e. The SMILES string of the molecule is Cc1ccc2oc(-c3cc(NC(=O)c4cc5ccccc5o4)ccc3O)nc2c1. The van der Waals surface area contributed by atoms with Crippen LogP contribution in [-0.2, 0) is 0 Å². The molecular formula is C23H16N2O4. The topological polar surface area (TPSA) is 88.5 Å². The van der Waals surface area contributed by atoms with Crippen LogP contribution < -0.4 is 5.32 Å². The second-order valence-electron chi connectivity index (χ2n) is 6.82. The maximum Gasteiger partial charge on any atom is 0.291 e. The van der Waals surface area contributed by atoms with E-state index in [4.69, 9.17) is 8.83 Å². The highest BCUT2D eigenvalue weighted by molar-refractivity contribution is 6.05. The average molecular weight is 384 g/mol. The Bertz CT molecular complexity index is 1350. The van der Waals surface area contributed by atoms with Crippen molar-refractivity contribution < 1.29 is 18.7 Å². The van der Waals surface area contributed by atoms with Crippen LogP contribution in [0.4, 0.5) is 5.69 Å². The number of aromatic hydroxyl groups is 1. The van der Waals surface area contributed by atoms with Crippen LogP contribution in [0, 0.1) is 6.92 Å². The van der Waals surface area contributed by atoms with Crippen molar-refractivity contribution in [1.29, 1.82) is 0 Å². The van der Waals surface area contributed by atoms with E-state index in [-0.39, 0.29) is 23.3 Å². The quantitative estimate of drug-likeness (QED) is 0.401. The summed E-state index contributed by atoms with van der Waals surface area (Å²) in [6, 6.07) is 19.5. The van der Waals surface area contributed by atoms with Crippen LogP contribution >= 0.6 is 0 Å². The lowest BCUT2D eigenvalue weighted by Crippen LogP contribution is -2.10. The van der Waals surface area contributed by atoms with Gasteiger partial charge in [0.05, 0.1) is 5.56 Å². The molecule has 0 unspecified atom stereocenters. The van der Waals surface area contributed by atoms with Crippen molar-refractivity contribution >= 4 is 33.7 Å². The molecule has 1 amide bonds. The third-order valence-corrected chi connectivity index (χ3v) is 4.68. The maximum atomic E-state index is 12.6. The number of aromatic nitrogens is 1. The fourth-order valence-electron chi connectivity index (χ4n) is 3.22. The van der Waals surface area contributed by atoms with Gasteiger partial charge in [-0.2, -0.15) is 0 Å². The van der Waals surface area contributed by atoms with E-state index in [9.17, 15) is 9.90 Å². The van der Waals surface area contributed by atoms with Crippen molar-refractivity contribution in [2.24, 2.45) is 0 Å². The molecule has 0 saturated heterocycles. The predicted octanol–water partition coefficient (Wildman–Crippen LogP) is 5.51. The first-order chi connectivity index (χ1) is 14.1. The van der Waals surface area contributed by atoms with Crippen LogP contribution in [-0.4, -0.2) is 16.0 Å². The zero-order valence-electron chi connectivity index (χ0n) is 15.5. The summed E-state index contributed by atoms with van der Waals surface area (Å²) < 4.78 is 11.4. The zero-order valence-corrected chi connectivity index (χ0v) is 15.5. The van der Waals surface area contributed by atoms with E-state index in [2.05, 4.69) is 10.3 Å². The lowest BCUT2D eigenvalue weighted by atomic mass is 10.1. The molecule has 2 aromatic heterocycles. The third-order valence-electron chi connectivity index (χ3n) is 4.68. The van der Waals surface area contributed by atoms with Gasteiger partial charge in [-0.15, -0.1) is 0 Å². The highest BCUT2D eigenvalue weighted by Crippen LogP contribution is 2.33. The van der Waals surface area contributed by atoms with Gasteiger partial charge < -0.3 is 19.3 Å². The monoisotopic (exact) mass is 384 g/mol. The number of benzene rings is 3. The number of furan rings is 1. The van der Waals surface area contributed by atoms with Crippen LogP contribution in [0.15, 0.2) is 75.6 Å². The van der Waals surface area contributed by atoms with Crippen LogP contribution in [0.3, 0.4) is 0 Å². The zero-order chi connectivity index (χ0) is 20.0. The van der Waals surface area contributed by atoms with E-state index in [0.717, 1.165) is 10.9 Å². The number of phenolic OH excluding ortho intramolecular Hbond substituents is 1. The summed E-state index contributed by atoms with van der Waals surface area (Å²) >= 11 is 0. The van der Waals surface area contributed by atoms with E-state index in [1.54, 1.807) is 24.3 Å². The fraction of sp³-hybridized carbons (Fsp3) is 0.0435. The number of aryl methyl sites for hydroxylation is 1. The molecule has 3 aromatic carbocycles. The van der Waals surface area contributed by atoms with Gasteiger partial charge in [0.2, 0.25) is 5.89 Å². The Hall–Kier alpha value is -4.06. The second-order valence-corrected chi connectivity index (χ2v) is 6.82. The molecule has 2 N–H and O–H groups in total. The summed E-state index contributed by atoms with van der Waals surface area (Å²) in [6.07, 6.45) is 0. The smallest absolute Gasteiger partial charge is 0.291 e. The molecule has 5 aromatic rings. The molecule has 0 saturated carbocycles. The average Bonchev–Trinajstić information content (AvgIpc) is 3.33. The van der Waals surface area contributed by atoms with E-state index >= 15 is 0 Å². The molecule has 142 valence electrons. The lowest BCUT2D eigenvalue weighted by molar-refractivity contribution is 0.0998.